The van der Waals surface area contributed by atoms with Gasteiger partial charge in [0, 0.05) is 0 Å². The van der Waals surface area contributed by atoms with Crippen molar-refractivity contribution < 1.29 is 17.9 Å². The first-order chi connectivity index (χ1) is 14.2. The molecule has 0 heterocycles. The summed E-state index contributed by atoms with van der Waals surface area (Å²) < 4.78 is 31.2. The summed E-state index contributed by atoms with van der Waals surface area (Å²) in [5.41, 5.74) is 3.84. The van der Waals surface area contributed by atoms with Crippen LogP contribution < -0.4 is 14.4 Å². The Labute approximate surface area is 179 Å². The molecule has 1 unspecified atom stereocenters. The third kappa shape index (κ3) is 5.14. The molecule has 0 fully saturated rings. The fraction of sp³-hybridized carbons (Fsp3) is 0.435. The number of carbonyl (C=O) groups is 1. The van der Waals surface area contributed by atoms with Gasteiger partial charge in [0.05, 0.1) is 25.1 Å². The van der Waals surface area contributed by atoms with Gasteiger partial charge in [-0.25, -0.2) is 8.42 Å². The van der Waals surface area contributed by atoms with Crippen LogP contribution in [0.5, 0.6) is 5.75 Å². The van der Waals surface area contributed by atoms with Crippen LogP contribution in [0.3, 0.4) is 0 Å². The lowest BCUT2D eigenvalue weighted by atomic mass is 9.87. The molecule has 162 valence electrons. The van der Waals surface area contributed by atoms with E-state index in [9.17, 15) is 13.2 Å². The first-order valence-corrected chi connectivity index (χ1v) is 12.1. The number of rotatable bonds is 7. The van der Waals surface area contributed by atoms with E-state index in [2.05, 4.69) is 19.2 Å². The van der Waals surface area contributed by atoms with Gasteiger partial charge in [0.15, 0.2) is 0 Å². The van der Waals surface area contributed by atoms with E-state index in [-0.39, 0.29) is 18.5 Å². The molecule has 1 amide bonds. The Kier molecular flexibility index (Phi) is 6.71. The van der Waals surface area contributed by atoms with Gasteiger partial charge < -0.3 is 10.1 Å². The molecule has 3 rings (SSSR count). The molecular formula is C23H30N2O4S. The zero-order chi connectivity index (χ0) is 21.9. The monoisotopic (exact) mass is 430 g/mol. The number of nitrogens with one attached hydrogen (secondary N) is 1. The second-order valence-corrected chi connectivity index (χ2v) is 10.00. The first kappa shape index (κ1) is 22.2. The van der Waals surface area contributed by atoms with E-state index in [0.717, 1.165) is 52.3 Å². The number of aryl methyl sites for hydroxylation is 1. The van der Waals surface area contributed by atoms with Gasteiger partial charge in [0.1, 0.15) is 12.3 Å². The van der Waals surface area contributed by atoms with Crippen LogP contribution in [-0.4, -0.2) is 34.2 Å². The third-order valence-corrected chi connectivity index (χ3v) is 6.68. The average Bonchev–Trinajstić information content (AvgIpc) is 2.71. The number of nitrogens with zero attached hydrogens (tertiary/aromatic N) is 1. The predicted molar refractivity (Wildman–Crippen MR) is 120 cm³/mol. The average molecular weight is 431 g/mol. The van der Waals surface area contributed by atoms with Crippen molar-refractivity contribution in [3.8, 4) is 5.75 Å². The molecule has 1 N–H and O–H groups in total. The minimum absolute atomic E-state index is 0.128. The standard InChI is InChI=1S/C23H30N2O4S/c1-16(2)17-8-10-19(11-9-17)25(30(4,27)28)15-23(26)24-22-7-5-6-18-14-20(29-3)12-13-21(18)22/h8-14,16,22H,5-7,15H2,1-4H3,(H,24,26). The number of methoxy groups -OCH3 is 1. The molecule has 6 nitrogen and oxygen atoms in total. The lowest BCUT2D eigenvalue weighted by Crippen LogP contribution is -2.42. The number of hydrogen-bond acceptors (Lipinski definition) is 4. The molecule has 0 bridgehead atoms. The molecule has 1 atom stereocenters. The lowest BCUT2D eigenvalue weighted by molar-refractivity contribution is -0.120. The summed E-state index contributed by atoms with van der Waals surface area (Å²) in [6.07, 6.45) is 3.85. The Morgan fingerprint density at radius 1 is 1.20 bits per heavy atom. The quantitative estimate of drug-likeness (QED) is 0.725. The number of anilines is 1. The minimum atomic E-state index is -3.60. The molecular weight excluding hydrogens is 400 g/mol. The van der Waals surface area contributed by atoms with Crippen LogP contribution in [0.25, 0.3) is 0 Å². The molecule has 1 aliphatic carbocycles. The van der Waals surface area contributed by atoms with Crippen molar-refractivity contribution in [3.63, 3.8) is 0 Å². The molecule has 7 heteroatoms. The van der Waals surface area contributed by atoms with Crippen molar-refractivity contribution in [2.24, 2.45) is 0 Å². The van der Waals surface area contributed by atoms with E-state index in [1.807, 2.05) is 30.3 Å². The Bertz CT molecular complexity index is 1000. The van der Waals surface area contributed by atoms with Crippen LogP contribution in [0, 0.1) is 0 Å². The Balaban J connectivity index is 1.76. The van der Waals surface area contributed by atoms with Gasteiger partial charge >= 0.3 is 0 Å². The predicted octanol–water partition coefficient (Wildman–Crippen LogP) is 3.78. The van der Waals surface area contributed by atoms with Crippen LogP contribution in [0.1, 0.15) is 55.3 Å². The van der Waals surface area contributed by atoms with Crippen LogP contribution >= 0.6 is 0 Å². The third-order valence-electron chi connectivity index (χ3n) is 5.53. The topological polar surface area (TPSA) is 75.7 Å². The van der Waals surface area contributed by atoms with E-state index in [4.69, 9.17) is 4.74 Å². The number of hydrogen-bond donors (Lipinski definition) is 1. The number of sulfonamides is 1. The molecule has 0 saturated carbocycles. The maximum absolute atomic E-state index is 12.8. The fourth-order valence-electron chi connectivity index (χ4n) is 3.86. The molecule has 0 radical (unpaired) electrons. The van der Waals surface area contributed by atoms with Gasteiger partial charge in [-0.2, -0.15) is 0 Å². The zero-order valence-corrected chi connectivity index (χ0v) is 18.8. The summed E-state index contributed by atoms with van der Waals surface area (Å²) in [5.74, 6) is 0.829. The second-order valence-electron chi connectivity index (χ2n) is 8.09. The van der Waals surface area contributed by atoms with Gasteiger partial charge in [-0.3, -0.25) is 9.10 Å². The van der Waals surface area contributed by atoms with Crippen molar-refractivity contribution in [2.45, 2.75) is 45.1 Å². The van der Waals surface area contributed by atoms with Crippen molar-refractivity contribution >= 4 is 21.6 Å². The van der Waals surface area contributed by atoms with Crippen molar-refractivity contribution in [1.82, 2.24) is 5.32 Å². The summed E-state index contributed by atoms with van der Waals surface area (Å²) in [7, 11) is -1.96. The van der Waals surface area contributed by atoms with Gasteiger partial charge in [-0.1, -0.05) is 32.0 Å². The summed E-state index contributed by atoms with van der Waals surface area (Å²) in [6, 6.07) is 13.1. The van der Waals surface area contributed by atoms with E-state index >= 15 is 0 Å². The highest BCUT2D eigenvalue weighted by molar-refractivity contribution is 7.92. The Morgan fingerprint density at radius 3 is 2.50 bits per heavy atom. The van der Waals surface area contributed by atoms with Crippen molar-refractivity contribution in [2.75, 3.05) is 24.2 Å². The molecule has 0 spiro atoms. The highest BCUT2D eigenvalue weighted by Crippen LogP contribution is 2.32. The molecule has 2 aromatic rings. The fourth-order valence-corrected chi connectivity index (χ4v) is 4.72. The molecule has 0 aromatic heterocycles. The number of carbonyl (C=O) groups excluding carboxylic acids is 1. The number of ether oxygens (including phenoxy) is 1. The SMILES string of the molecule is COc1ccc2c(c1)CCCC2NC(=O)CN(c1ccc(C(C)C)cc1)S(C)(=O)=O. The first-order valence-electron chi connectivity index (χ1n) is 10.2. The Hall–Kier alpha value is -2.54. The molecule has 1 aliphatic rings. The highest BCUT2D eigenvalue weighted by atomic mass is 32.2. The molecule has 2 aromatic carbocycles. The summed E-state index contributed by atoms with van der Waals surface area (Å²) >= 11 is 0. The van der Waals surface area contributed by atoms with Crippen LogP contribution in [0.4, 0.5) is 5.69 Å². The van der Waals surface area contributed by atoms with Crippen LogP contribution in [0.2, 0.25) is 0 Å². The summed E-state index contributed by atoms with van der Waals surface area (Å²) in [5, 5.41) is 3.03. The van der Waals surface area contributed by atoms with Gasteiger partial charge in [-0.15, -0.1) is 0 Å². The van der Waals surface area contributed by atoms with Gasteiger partial charge in [0.2, 0.25) is 15.9 Å². The number of amides is 1. The lowest BCUT2D eigenvalue weighted by Gasteiger charge is -2.28. The maximum Gasteiger partial charge on any atom is 0.241 e. The van der Waals surface area contributed by atoms with Crippen molar-refractivity contribution in [1.29, 1.82) is 0 Å². The molecule has 0 aliphatic heterocycles. The van der Waals surface area contributed by atoms with E-state index in [0.29, 0.717) is 11.6 Å². The second kappa shape index (κ2) is 9.08. The van der Waals surface area contributed by atoms with Gasteiger partial charge in [0.25, 0.3) is 0 Å². The van der Waals surface area contributed by atoms with E-state index in [1.165, 1.54) is 0 Å². The summed E-state index contributed by atoms with van der Waals surface area (Å²) in [4.78, 5) is 12.8. The Morgan fingerprint density at radius 2 is 1.90 bits per heavy atom. The minimum Gasteiger partial charge on any atom is -0.497 e. The summed E-state index contributed by atoms with van der Waals surface area (Å²) in [6.45, 7) is 3.91. The smallest absolute Gasteiger partial charge is 0.241 e. The van der Waals surface area contributed by atoms with Crippen molar-refractivity contribution in [3.05, 3.63) is 59.2 Å². The maximum atomic E-state index is 12.8. The molecule has 30 heavy (non-hydrogen) atoms. The number of fused-ring (bicyclic) bond motifs is 1. The largest absolute Gasteiger partial charge is 0.497 e. The highest BCUT2D eigenvalue weighted by Gasteiger charge is 2.25. The molecule has 0 saturated heterocycles. The zero-order valence-electron chi connectivity index (χ0n) is 18.0. The number of benzene rings is 2. The van der Waals surface area contributed by atoms with Gasteiger partial charge in [-0.05, 0) is 66.1 Å². The van der Waals surface area contributed by atoms with Crippen LogP contribution in [-0.2, 0) is 21.2 Å². The normalized spacial score (nSPS) is 16.1. The van der Waals surface area contributed by atoms with Crippen LogP contribution in [0.15, 0.2) is 42.5 Å². The van der Waals surface area contributed by atoms with E-state index < -0.39 is 10.0 Å². The van der Waals surface area contributed by atoms with E-state index in [1.54, 1.807) is 19.2 Å².